The molecule has 0 fully saturated rings. The van der Waals surface area contributed by atoms with Crippen LogP contribution >= 0.6 is 0 Å². The van der Waals surface area contributed by atoms with Gasteiger partial charge in [-0.3, -0.25) is 4.79 Å². The summed E-state index contributed by atoms with van der Waals surface area (Å²) in [7, 11) is 0. The van der Waals surface area contributed by atoms with Crippen LogP contribution in [0.3, 0.4) is 0 Å². The van der Waals surface area contributed by atoms with Gasteiger partial charge in [0.25, 0.3) is 0 Å². The second kappa shape index (κ2) is 31.9. The van der Waals surface area contributed by atoms with Gasteiger partial charge in [0.2, 0.25) is 0 Å². The number of hydrogen-bond acceptors (Lipinski definition) is 4. The van der Waals surface area contributed by atoms with E-state index in [0.29, 0.717) is 12.8 Å². The summed E-state index contributed by atoms with van der Waals surface area (Å²) in [6.07, 6.45) is 34.4. The molecule has 0 radical (unpaired) electrons. The Morgan fingerprint density at radius 3 is 1.23 bits per heavy atom. The van der Waals surface area contributed by atoms with E-state index in [4.69, 9.17) is 4.74 Å². The molecule has 2 atom stereocenters. The van der Waals surface area contributed by atoms with E-state index in [1.165, 1.54) is 141 Å². The third-order valence-electron chi connectivity index (χ3n) is 8.16. The van der Waals surface area contributed by atoms with E-state index in [2.05, 4.69) is 13.8 Å². The molecule has 2 unspecified atom stereocenters. The molecule has 0 aromatic heterocycles. The Labute approximate surface area is 244 Å². The zero-order chi connectivity index (χ0) is 28.7. The van der Waals surface area contributed by atoms with Gasteiger partial charge in [-0.05, 0) is 19.3 Å². The van der Waals surface area contributed by atoms with Crippen LogP contribution < -0.4 is 0 Å². The molecule has 0 amide bonds. The van der Waals surface area contributed by atoms with E-state index in [9.17, 15) is 15.0 Å². The minimum atomic E-state index is -0.805. The molecule has 0 spiro atoms. The number of carbonyl (C=O) groups is 1. The van der Waals surface area contributed by atoms with Crippen molar-refractivity contribution in [2.45, 2.75) is 212 Å². The van der Waals surface area contributed by atoms with Crippen molar-refractivity contribution in [2.75, 3.05) is 6.61 Å². The monoisotopic (exact) mass is 555 g/mol. The summed E-state index contributed by atoms with van der Waals surface area (Å²) >= 11 is 0. The van der Waals surface area contributed by atoms with Crippen molar-refractivity contribution in [1.29, 1.82) is 0 Å². The molecule has 4 nitrogen and oxygen atoms in total. The first-order chi connectivity index (χ1) is 19.1. The van der Waals surface area contributed by atoms with Crippen LogP contribution in [0.5, 0.6) is 0 Å². The maximum absolute atomic E-state index is 12.4. The second-order valence-corrected chi connectivity index (χ2v) is 12.2. The van der Waals surface area contributed by atoms with Gasteiger partial charge in [0.05, 0.1) is 12.7 Å². The third-order valence-corrected chi connectivity index (χ3v) is 8.16. The van der Waals surface area contributed by atoms with Crippen LogP contribution in [-0.2, 0) is 9.53 Å². The van der Waals surface area contributed by atoms with Crippen molar-refractivity contribution < 1.29 is 19.7 Å². The zero-order valence-electron chi connectivity index (χ0n) is 26.6. The standard InChI is InChI=1S/C35H70O4/c1-3-5-7-9-11-13-15-17-19-21-23-25-27-29-34(31-33(37)32-36)39-35(38)30-28-26-24-22-20-18-16-14-12-10-8-6-4-2/h33-34,36-37H,3-32H2,1-2H3. The van der Waals surface area contributed by atoms with Crippen LogP contribution in [0.4, 0.5) is 0 Å². The summed E-state index contributed by atoms with van der Waals surface area (Å²) in [5.74, 6) is -0.136. The lowest BCUT2D eigenvalue weighted by atomic mass is 10.0. The second-order valence-electron chi connectivity index (χ2n) is 12.2. The van der Waals surface area contributed by atoms with Crippen LogP contribution in [0.1, 0.15) is 200 Å². The molecule has 0 aromatic rings. The fourth-order valence-corrected chi connectivity index (χ4v) is 5.52. The van der Waals surface area contributed by atoms with E-state index in [0.717, 1.165) is 32.1 Å². The van der Waals surface area contributed by atoms with Crippen LogP contribution in [0.25, 0.3) is 0 Å². The summed E-state index contributed by atoms with van der Waals surface area (Å²) < 4.78 is 5.73. The normalized spacial score (nSPS) is 13.0. The first-order valence-electron chi connectivity index (χ1n) is 17.6. The number of carbonyl (C=O) groups excluding carboxylic acids is 1. The van der Waals surface area contributed by atoms with Crippen LogP contribution in [0.2, 0.25) is 0 Å². The molecule has 0 saturated carbocycles. The predicted octanol–water partition coefficient (Wildman–Crippen LogP) is 10.6. The highest BCUT2D eigenvalue weighted by Crippen LogP contribution is 2.18. The quantitative estimate of drug-likeness (QED) is 0.0641. The molecule has 0 aliphatic heterocycles. The summed E-state index contributed by atoms with van der Waals surface area (Å²) in [5.41, 5.74) is 0. The van der Waals surface area contributed by atoms with Gasteiger partial charge in [-0.15, -0.1) is 0 Å². The molecule has 0 aliphatic rings. The average Bonchev–Trinajstić information content (AvgIpc) is 2.93. The van der Waals surface area contributed by atoms with Crippen molar-refractivity contribution >= 4 is 5.97 Å². The number of rotatable bonds is 32. The summed E-state index contributed by atoms with van der Waals surface area (Å²) in [6, 6.07) is 0. The summed E-state index contributed by atoms with van der Waals surface area (Å²) in [6.45, 7) is 4.27. The smallest absolute Gasteiger partial charge is 0.306 e. The number of aliphatic hydroxyl groups excluding tert-OH is 2. The molecule has 0 heterocycles. The first-order valence-corrected chi connectivity index (χ1v) is 17.6. The summed E-state index contributed by atoms with van der Waals surface area (Å²) in [5, 5.41) is 19.1. The zero-order valence-corrected chi connectivity index (χ0v) is 26.6. The minimum absolute atomic E-state index is 0.136. The first kappa shape index (κ1) is 38.4. The van der Waals surface area contributed by atoms with Gasteiger partial charge < -0.3 is 14.9 Å². The Morgan fingerprint density at radius 2 is 0.872 bits per heavy atom. The number of aliphatic hydroxyl groups is 2. The maximum atomic E-state index is 12.4. The van der Waals surface area contributed by atoms with Crippen molar-refractivity contribution in [3.63, 3.8) is 0 Å². The van der Waals surface area contributed by atoms with Gasteiger partial charge in [-0.25, -0.2) is 0 Å². The van der Waals surface area contributed by atoms with Gasteiger partial charge in [0.15, 0.2) is 0 Å². The van der Waals surface area contributed by atoms with Crippen molar-refractivity contribution in [3.8, 4) is 0 Å². The molecule has 0 aliphatic carbocycles. The van der Waals surface area contributed by atoms with Crippen LogP contribution in [0.15, 0.2) is 0 Å². The van der Waals surface area contributed by atoms with Crippen molar-refractivity contribution in [3.05, 3.63) is 0 Å². The molecular weight excluding hydrogens is 484 g/mol. The van der Waals surface area contributed by atoms with Gasteiger partial charge in [0, 0.05) is 12.8 Å². The summed E-state index contributed by atoms with van der Waals surface area (Å²) in [4.78, 5) is 12.4. The van der Waals surface area contributed by atoms with Crippen LogP contribution in [0, 0.1) is 0 Å². The Bertz CT molecular complexity index is 481. The molecule has 4 heteroatoms. The lowest BCUT2D eigenvalue weighted by molar-refractivity contribution is -0.151. The Morgan fingerprint density at radius 1 is 0.538 bits per heavy atom. The fraction of sp³-hybridized carbons (Fsp3) is 0.971. The fourth-order valence-electron chi connectivity index (χ4n) is 5.52. The molecule has 0 saturated heterocycles. The van der Waals surface area contributed by atoms with Crippen molar-refractivity contribution in [1.82, 2.24) is 0 Å². The predicted molar refractivity (Wildman–Crippen MR) is 168 cm³/mol. The Hall–Kier alpha value is -0.610. The molecular formula is C35H70O4. The largest absolute Gasteiger partial charge is 0.462 e. The molecule has 2 N–H and O–H groups in total. The minimum Gasteiger partial charge on any atom is -0.462 e. The van der Waals surface area contributed by atoms with E-state index in [1.807, 2.05) is 0 Å². The van der Waals surface area contributed by atoms with E-state index in [1.54, 1.807) is 0 Å². The highest BCUT2D eigenvalue weighted by Gasteiger charge is 2.18. The average molecular weight is 555 g/mol. The van der Waals surface area contributed by atoms with E-state index < -0.39 is 6.10 Å². The number of hydrogen-bond donors (Lipinski definition) is 2. The maximum Gasteiger partial charge on any atom is 0.306 e. The molecule has 0 aromatic carbocycles. The highest BCUT2D eigenvalue weighted by molar-refractivity contribution is 5.69. The molecule has 234 valence electrons. The highest BCUT2D eigenvalue weighted by atomic mass is 16.5. The van der Waals surface area contributed by atoms with Crippen LogP contribution in [-0.4, -0.2) is 35.0 Å². The Balaban J connectivity index is 3.74. The SMILES string of the molecule is CCCCCCCCCCCCCCCC(=O)OC(CCCCCCCCCCCCCCC)CC(O)CO. The Kier molecular flexibility index (Phi) is 31.4. The van der Waals surface area contributed by atoms with Crippen molar-refractivity contribution in [2.24, 2.45) is 0 Å². The number of ether oxygens (including phenoxy) is 1. The lowest BCUT2D eigenvalue weighted by Crippen LogP contribution is -2.26. The van der Waals surface area contributed by atoms with Gasteiger partial charge >= 0.3 is 5.97 Å². The third kappa shape index (κ3) is 30.2. The van der Waals surface area contributed by atoms with Gasteiger partial charge in [-0.1, -0.05) is 168 Å². The van der Waals surface area contributed by atoms with E-state index in [-0.39, 0.29) is 18.7 Å². The topological polar surface area (TPSA) is 66.8 Å². The van der Waals surface area contributed by atoms with Gasteiger partial charge in [-0.2, -0.15) is 0 Å². The van der Waals surface area contributed by atoms with E-state index >= 15 is 0 Å². The molecule has 39 heavy (non-hydrogen) atoms. The molecule has 0 bridgehead atoms. The number of esters is 1. The number of unbranched alkanes of at least 4 members (excludes halogenated alkanes) is 24. The van der Waals surface area contributed by atoms with Gasteiger partial charge in [0.1, 0.15) is 6.10 Å². The lowest BCUT2D eigenvalue weighted by Gasteiger charge is -2.20. The molecule has 0 rings (SSSR count).